The maximum atomic E-state index is 10.9. The van der Waals surface area contributed by atoms with Crippen LogP contribution in [0.4, 0.5) is 0 Å². The first kappa shape index (κ1) is 10.6. The van der Waals surface area contributed by atoms with Gasteiger partial charge in [0.25, 0.3) is 0 Å². The van der Waals surface area contributed by atoms with E-state index in [0.717, 1.165) is 11.1 Å². The summed E-state index contributed by atoms with van der Waals surface area (Å²) in [7, 11) is 0. The average Bonchev–Trinajstić information content (AvgIpc) is 2.16. The summed E-state index contributed by atoms with van der Waals surface area (Å²) in [4.78, 5) is 10.9. The molecule has 0 saturated heterocycles. The molecule has 1 aromatic carbocycles. The van der Waals surface area contributed by atoms with E-state index < -0.39 is 0 Å². The van der Waals surface area contributed by atoms with E-state index >= 15 is 0 Å². The Morgan fingerprint density at radius 1 is 1.46 bits per heavy atom. The Bertz CT molecular complexity index is 310. The Kier molecular flexibility index (Phi) is 3.76. The SMILES string of the molecule is CC(C(=O)Cl)c1ccccc1CCl. The van der Waals surface area contributed by atoms with Crippen molar-refractivity contribution in [3.8, 4) is 0 Å². The number of rotatable bonds is 3. The Labute approximate surface area is 87.7 Å². The van der Waals surface area contributed by atoms with Gasteiger partial charge in [-0.15, -0.1) is 11.6 Å². The Morgan fingerprint density at radius 2 is 2.08 bits per heavy atom. The highest BCUT2D eigenvalue weighted by Gasteiger charge is 2.15. The second-order valence-electron chi connectivity index (χ2n) is 2.86. The molecule has 0 aliphatic heterocycles. The van der Waals surface area contributed by atoms with Crippen molar-refractivity contribution in [1.29, 1.82) is 0 Å². The summed E-state index contributed by atoms with van der Waals surface area (Å²) < 4.78 is 0. The van der Waals surface area contributed by atoms with Gasteiger partial charge in [0.2, 0.25) is 5.24 Å². The molecule has 0 aliphatic rings. The minimum Gasteiger partial charge on any atom is -0.281 e. The van der Waals surface area contributed by atoms with E-state index in [9.17, 15) is 4.79 Å². The first-order chi connectivity index (χ1) is 6.16. The molecule has 0 N–H and O–H groups in total. The molecule has 13 heavy (non-hydrogen) atoms. The highest BCUT2D eigenvalue weighted by molar-refractivity contribution is 6.64. The van der Waals surface area contributed by atoms with Crippen LogP contribution in [0.25, 0.3) is 0 Å². The van der Waals surface area contributed by atoms with Crippen molar-refractivity contribution in [3.05, 3.63) is 35.4 Å². The monoisotopic (exact) mass is 216 g/mol. The van der Waals surface area contributed by atoms with Crippen molar-refractivity contribution in [1.82, 2.24) is 0 Å². The van der Waals surface area contributed by atoms with Crippen molar-refractivity contribution in [3.63, 3.8) is 0 Å². The predicted octanol–water partition coefficient (Wildman–Crippen LogP) is 3.29. The van der Waals surface area contributed by atoms with Gasteiger partial charge in [-0.3, -0.25) is 4.79 Å². The molecule has 0 saturated carbocycles. The van der Waals surface area contributed by atoms with Crippen LogP contribution in [0.15, 0.2) is 24.3 Å². The second-order valence-corrected chi connectivity index (χ2v) is 3.50. The third-order valence-corrected chi connectivity index (χ3v) is 2.62. The van der Waals surface area contributed by atoms with Crippen LogP contribution < -0.4 is 0 Å². The molecular formula is C10H10Cl2O. The summed E-state index contributed by atoms with van der Waals surface area (Å²) in [5.41, 5.74) is 1.88. The highest BCUT2D eigenvalue weighted by Crippen LogP contribution is 2.23. The van der Waals surface area contributed by atoms with Gasteiger partial charge in [0.1, 0.15) is 0 Å². The lowest BCUT2D eigenvalue weighted by Crippen LogP contribution is -2.04. The van der Waals surface area contributed by atoms with Crippen LogP contribution in [0, 0.1) is 0 Å². The van der Waals surface area contributed by atoms with Crippen molar-refractivity contribution in [2.45, 2.75) is 18.7 Å². The number of benzene rings is 1. The Balaban J connectivity index is 3.05. The van der Waals surface area contributed by atoms with Gasteiger partial charge in [0, 0.05) is 5.88 Å². The molecule has 0 amide bonds. The van der Waals surface area contributed by atoms with E-state index in [1.807, 2.05) is 24.3 Å². The smallest absolute Gasteiger partial charge is 0.228 e. The lowest BCUT2D eigenvalue weighted by Gasteiger charge is -2.10. The fourth-order valence-corrected chi connectivity index (χ4v) is 1.56. The molecule has 0 aromatic heterocycles. The number of halogens is 2. The summed E-state index contributed by atoms with van der Waals surface area (Å²) in [6.45, 7) is 1.78. The van der Waals surface area contributed by atoms with E-state index in [1.54, 1.807) is 6.92 Å². The van der Waals surface area contributed by atoms with Crippen molar-refractivity contribution < 1.29 is 4.79 Å². The Hall–Kier alpha value is -0.530. The summed E-state index contributed by atoms with van der Waals surface area (Å²) in [6, 6.07) is 7.55. The van der Waals surface area contributed by atoms with Gasteiger partial charge in [-0.2, -0.15) is 0 Å². The fraction of sp³-hybridized carbons (Fsp3) is 0.300. The van der Waals surface area contributed by atoms with Crippen LogP contribution in [0.3, 0.4) is 0 Å². The average molecular weight is 217 g/mol. The van der Waals surface area contributed by atoms with Gasteiger partial charge in [-0.1, -0.05) is 31.2 Å². The molecular weight excluding hydrogens is 207 g/mol. The largest absolute Gasteiger partial charge is 0.281 e. The molecule has 1 unspecified atom stereocenters. The third-order valence-electron chi connectivity index (χ3n) is 2.01. The molecule has 0 aliphatic carbocycles. The third kappa shape index (κ3) is 2.45. The maximum absolute atomic E-state index is 10.9. The van der Waals surface area contributed by atoms with E-state index in [-0.39, 0.29) is 11.2 Å². The number of hydrogen-bond acceptors (Lipinski definition) is 1. The number of alkyl halides is 1. The van der Waals surface area contributed by atoms with Crippen molar-refractivity contribution in [2.24, 2.45) is 0 Å². The summed E-state index contributed by atoms with van der Waals surface area (Å²) in [5.74, 6) is 0.127. The Morgan fingerprint density at radius 3 is 2.62 bits per heavy atom. The van der Waals surface area contributed by atoms with Crippen LogP contribution in [0.5, 0.6) is 0 Å². The van der Waals surface area contributed by atoms with Crippen LogP contribution >= 0.6 is 23.2 Å². The van der Waals surface area contributed by atoms with Gasteiger partial charge in [-0.05, 0) is 22.7 Å². The predicted molar refractivity (Wildman–Crippen MR) is 55.3 cm³/mol. The first-order valence-electron chi connectivity index (χ1n) is 4.00. The molecule has 0 bridgehead atoms. The van der Waals surface area contributed by atoms with Gasteiger partial charge in [-0.25, -0.2) is 0 Å². The lowest BCUT2D eigenvalue weighted by atomic mass is 9.98. The maximum Gasteiger partial charge on any atom is 0.228 e. The molecule has 1 atom stereocenters. The van der Waals surface area contributed by atoms with Crippen LogP contribution in [-0.4, -0.2) is 5.24 Å². The van der Waals surface area contributed by atoms with Gasteiger partial charge in [0.05, 0.1) is 5.92 Å². The molecule has 1 nitrogen and oxygen atoms in total. The molecule has 0 fully saturated rings. The molecule has 70 valence electrons. The van der Waals surface area contributed by atoms with Gasteiger partial charge >= 0.3 is 0 Å². The van der Waals surface area contributed by atoms with E-state index in [4.69, 9.17) is 23.2 Å². The molecule has 0 spiro atoms. The lowest BCUT2D eigenvalue weighted by molar-refractivity contribution is -0.112. The van der Waals surface area contributed by atoms with E-state index in [0.29, 0.717) is 5.88 Å². The number of hydrogen-bond donors (Lipinski definition) is 0. The van der Waals surface area contributed by atoms with Crippen molar-refractivity contribution >= 4 is 28.4 Å². The standard InChI is InChI=1S/C10H10Cl2O/c1-7(10(12)13)9-5-3-2-4-8(9)6-11/h2-5,7H,6H2,1H3. The van der Waals surface area contributed by atoms with E-state index in [1.165, 1.54) is 0 Å². The summed E-state index contributed by atoms with van der Waals surface area (Å²) in [6.07, 6.45) is 0. The van der Waals surface area contributed by atoms with Crippen LogP contribution in [-0.2, 0) is 10.7 Å². The molecule has 3 heteroatoms. The van der Waals surface area contributed by atoms with Crippen LogP contribution in [0.2, 0.25) is 0 Å². The quantitative estimate of drug-likeness (QED) is 0.560. The normalized spacial score (nSPS) is 12.5. The number of carbonyl (C=O) groups is 1. The summed E-state index contributed by atoms with van der Waals surface area (Å²) in [5, 5.41) is -0.349. The minimum atomic E-state index is -0.349. The van der Waals surface area contributed by atoms with Gasteiger partial charge in [0.15, 0.2) is 0 Å². The summed E-state index contributed by atoms with van der Waals surface area (Å²) >= 11 is 11.1. The van der Waals surface area contributed by atoms with E-state index in [2.05, 4.69) is 0 Å². The zero-order chi connectivity index (χ0) is 9.84. The zero-order valence-corrected chi connectivity index (χ0v) is 8.77. The number of carbonyl (C=O) groups excluding carboxylic acids is 1. The molecule has 1 aromatic rings. The molecule has 0 radical (unpaired) electrons. The zero-order valence-electron chi connectivity index (χ0n) is 7.26. The van der Waals surface area contributed by atoms with Gasteiger partial charge < -0.3 is 0 Å². The first-order valence-corrected chi connectivity index (χ1v) is 4.91. The van der Waals surface area contributed by atoms with Crippen molar-refractivity contribution in [2.75, 3.05) is 0 Å². The highest BCUT2D eigenvalue weighted by atomic mass is 35.5. The molecule has 0 heterocycles. The topological polar surface area (TPSA) is 17.1 Å². The minimum absolute atomic E-state index is 0.281. The molecule has 1 rings (SSSR count). The fourth-order valence-electron chi connectivity index (χ4n) is 1.20. The second kappa shape index (κ2) is 4.64. The van der Waals surface area contributed by atoms with Crippen LogP contribution in [0.1, 0.15) is 24.0 Å².